The van der Waals surface area contributed by atoms with E-state index in [1.54, 1.807) is 19.5 Å². The number of carbonyl (C=O) groups is 1. The highest BCUT2D eigenvalue weighted by molar-refractivity contribution is 6.01. The van der Waals surface area contributed by atoms with Crippen molar-refractivity contribution in [3.05, 3.63) is 72.1 Å². The number of anilines is 1. The molecule has 6 heteroatoms. The topological polar surface area (TPSA) is 63.7 Å². The number of nitrogens with one attached hydrogen (secondary N) is 1. The van der Waals surface area contributed by atoms with E-state index in [2.05, 4.69) is 15.2 Å². The highest BCUT2D eigenvalue weighted by Gasteiger charge is 2.24. The van der Waals surface area contributed by atoms with Gasteiger partial charge in [0, 0.05) is 31.5 Å². The number of likely N-dealkylation sites (N-methyl/N-ethyl adjacent to an activating group) is 1. The number of hydrogen-bond donors (Lipinski definition) is 1. The van der Waals surface area contributed by atoms with Crippen molar-refractivity contribution < 1.29 is 14.3 Å². The summed E-state index contributed by atoms with van der Waals surface area (Å²) < 4.78 is 11.4. The van der Waals surface area contributed by atoms with E-state index in [-0.39, 0.29) is 5.91 Å². The van der Waals surface area contributed by atoms with Gasteiger partial charge in [0.1, 0.15) is 12.4 Å². The van der Waals surface area contributed by atoms with Gasteiger partial charge >= 0.3 is 0 Å². The van der Waals surface area contributed by atoms with Crippen LogP contribution in [0.1, 0.15) is 15.9 Å². The van der Waals surface area contributed by atoms with Gasteiger partial charge in [-0.15, -0.1) is 0 Å². The number of aromatic nitrogens is 1. The fourth-order valence-electron chi connectivity index (χ4n) is 3.44. The van der Waals surface area contributed by atoms with Crippen LogP contribution in [0.15, 0.2) is 60.9 Å². The molecule has 0 radical (unpaired) electrons. The Morgan fingerprint density at radius 1 is 1.24 bits per heavy atom. The predicted molar refractivity (Wildman–Crippen MR) is 113 cm³/mol. The van der Waals surface area contributed by atoms with Gasteiger partial charge in [0.25, 0.3) is 5.91 Å². The molecule has 1 amide bonds. The van der Waals surface area contributed by atoms with Crippen molar-refractivity contribution in [1.82, 2.24) is 10.3 Å². The smallest absolute Gasteiger partial charge is 0.255 e. The standard InChI is InChI=1S/C23H23N3O3/c1-26-10-11-29-22-19(23(27)25-15-16-6-5-9-24-14-16)12-17(13-20(22)26)18-7-3-4-8-21(18)28-2/h3-9,12-14H,10-11,15H2,1-2H3,(H,25,27). The molecule has 0 fully saturated rings. The first kappa shape index (κ1) is 18.8. The molecule has 0 spiro atoms. The van der Waals surface area contributed by atoms with Crippen molar-refractivity contribution in [2.45, 2.75) is 6.54 Å². The molecular formula is C23H23N3O3. The lowest BCUT2D eigenvalue weighted by Gasteiger charge is -2.30. The molecule has 1 aromatic heterocycles. The Bertz CT molecular complexity index is 1020. The third kappa shape index (κ3) is 3.87. The first-order valence-corrected chi connectivity index (χ1v) is 9.50. The van der Waals surface area contributed by atoms with Crippen LogP contribution < -0.4 is 19.7 Å². The molecule has 0 saturated heterocycles. The normalized spacial score (nSPS) is 12.7. The van der Waals surface area contributed by atoms with E-state index < -0.39 is 0 Å². The Labute approximate surface area is 170 Å². The molecule has 0 saturated carbocycles. The quantitative estimate of drug-likeness (QED) is 0.723. The van der Waals surface area contributed by atoms with Gasteiger partial charge in [-0.05, 0) is 35.4 Å². The number of carbonyl (C=O) groups excluding carboxylic acids is 1. The van der Waals surface area contributed by atoms with Crippen molar-refractivity contribution in [3.63, 3.8) is 0 Å². The van der Waals surface area contributed by atoms with Crippen molar-refractivity contribution in [3.8, 4) is 22.6 Å². The number of ether oxygens (including phenoxy) is 2. The highest BCUT2D eigenvalue weighted by atomic mass is 16.5. The lowest BCUT2D eigenvalue weighted by atomic mass is 9.98. The maximum atomic E-state index is 13.1. The molecule has 1 aliphatic rings. The van der Waals surface area contributed by atoms with Crippen LogP contribution in [0.4, 0.5) is 5.69 Å². The Morgan fingerprint density at radius 2 is 2.10 bits per heavy atom. The Hall–Kier alpha value is -3.54. The van der Waals surface area contributed by atoms with Crippen LogP contribution in [0.3, 0.4) is 0 Å². The van der Waals surface area contributed by atoms with Crippen LogP contribution in [0.25, 0.3) is 11.1 Å². The third-order valence-electron chi connectivity index (χ3n) is 4.99. The maximum absolute atomic E-state index is 13.1. The fourth-order valence-corrected chi connectivity index (χ4v) is 3.44. The number of amides is 1. The summed E-state index contributed by atoms with van der Waals surface area (Å²) in [6, 6.07) is 15.5. The van der Waals surface area contributed by atoms with E-state index in [1.807, 2.05) is 55.6 Å². The first-order chi connectivity index (χ1) is 14.2. The van der Waals surface area contributed by atoms with E-state index in [0.717, 1.165) is 34.7 Å². The van der Waals surface area contributed by atoms with Crippen molar-refractivity contribution in [1.29, 1.82) is 0 Å². The van der Waals surface area contributed by atoms with Crippen LogP contribution in [0.5, 0.6) is 11.5 Å². The summed E-state index contributed by atoms with van der Waals surface area (Å²) in [5, 5.41) is 2.98. The number of fused-ring (bicyclic) bond motifs is 1. The van der Waals surface area contributed by atoms with Crippen molar-refractivity contribution in [2.75, 3.05) is 32.2 Å². The van der Waals surface area contributed by atoms with Gasteiger partial charge in [0.2, 0.25) is 0 Å². The van der Waals surface area contributed by atoms with Gasteiger partial charge < -0.3 is 19.7 Å². The minimum atomic E-state index is -0.183. The largest absolute Gasteiger partial charge is 0.496 e. The van der Waals surface area contributed by atoms with Gasteiger partial charge in [0.15, 0.2) is 5.75 Å². The zero-order valence-corrected chi connectivity index (χ0v) is 16.5. The second kappa shape index (κ2) is 8.22. The summed E-state index contributed by atoms with van der Waals surface area (Å²) in [5.41, 5.74) is 4.18. The number of methoxy groups -OCH3 is 1. The molecule has 1 N–H and O–H groups in total. The summed E-state index contributed by atoms with van der Waals surface area (Å²) >= 11 is 0. The Kier molecular flexibility index (Phi) is 5.33. The minimum Gasteiger partial charge on any atom is -0.496 e. The molecule has 2 heterocycles. The van der Waals surface area contributed by atoms with E-state index in [4.69, 9.17) is 9.47 Å². The predicted octanol–water partition coefficient (Wildman–Crippen LogP) is 3.52. The van der Waals surface area contributed by atoms with E-state index in [0.29, 0.717) is 24.5 Å². The lowest BCUT2D eigenvalue weighted by molar-refractivity contribution is 0.0946. The lowest BCUT2D eigenvalue weighted by Crippen LogP contribution is -2.31. The number of para-hydroxylation sites is 1. The summed E-state index contributed by atoms with van der Waals surface area (Å²) in [4.78, 5) is 19.3. The summed E-state index contributed by atoms with van der Waals surface area (Å²) in [5.74, 6) is 1.19. The summed E-state index contributed by atoms with van der Waals surface area (Å²) in [7, 11) is 3.65. The molecule has 0 atom stereocenters. The minimum absolute atomic E-state index is 0.183. The Balaban J connectivity index is 1.74. The van der Waals surface area contributed by atoms with Crippen LogP contribution in [-0.2, 0) is 6.54 Å². The molecule has 0 unspecified atom stereocenters. The van der Waals surface area contributed by atoms with Gasteiger partial charge in [-0.3, -0.25) is 9.78 Å². The molecule has 6 nitrogen and oxygen atoms in total. The molecule has 0 bridgehead atoms. The van der Waals surface area contributed by atoms with Crippen LogP contribution in [-0.4, -0.2) is 38.2 Å². The Morgan fingerprint density at radius 3 is 2.90 bits per heavy atom. The van der Waals surface area contributed by atoms with Crippen LogP contribution in [0, 0.1) is 0 Å². The molecule has 0 aliphatic carbocycles. The average molecular weight is 389 g/mol. The molecule has 148 valence electrons. The highest BCUT2D eigenvalue weighted by Crippen LogP contribution is 2.40. The average Bonchev–Trinajstić information content (AvgIpc) is 2.78. The molecule has 29 heavy (non-hydrogen) atoms. The number of pyridine rings is 1. The molecule has 1 aliphatic heterocycles. The van der Waals surface area contributed by atoms with Crippen LogP contribution >= 0.6 is 0 Å². The zero-order chi connectivity index (χ0) is 20.2. The number of rotatable bonds is 5. The first-order valence-electron chi connectivity index (χ1n) is 9.50. The van der Waals surface area contributed by atoms with Crippen molar-refractivity contribution >= 4 is 11.6 Å². The van der Waals surface area contributed by atoms with Gasteiger partial charge in [-0.25, -0.2) is 0 Å². The number of nitrogens with zero attached hydrogens (tertiary/aromatic N) is 2. The van der Waals surface area contributed by atoms with E-state index in [9.17, 15) is 4.79 Å². The maximum Gasteiger partial charge on any atom is 0.255 e. The van der Waals surface area contributed by atoms with E-state index >= 15 is 0 Å². The molecule has 4 rings (SSSR count). The number of benzene rings is 2. The second-order valence-electron chi connectivity index (χ2n) is 6.89. The summed E-state index contributed by atoms with van der Waals surface area (Å²) in [6.07, 6.45) is 3.45. The SMILES string of the molecule is COc1ccccc1-c1cc(C(=O)NCc2cccnc2)c2c(c1)N(C)CCO2. The third-order valence-corrected chi connectivity index (χ3v) is 4.99. The zero-order valence-electron chi connectivity index (χ0n) is 16.5. The van der Waals surface area contributed by atoms with Crippen LogP contribution in [0.2, 0.25) is 0 Å². The van der Waals surface area contributed by atoms with Gasteiger partial charge in [-0.2, -0.15) is 0 Å². The number of hydrogen-bond acceptors (Lipinski definition) is 5. The fraction of sp³-hybridized carbons (Fsp3) is 0.217. The molecule has 2 aromatic carbocycles. The van der Waals surface area contributed by atoms with Gasteiger partial charge in [0.05, 0.1) is 24.9 Å². The summed E-state index contributed by atoms with van der Waals surface area (Å²) in [6.45, 7) is 1.70. The second-order valence-corrected chi connectivity index (χ2v) is 6.89. The van der Waals surface area contributed by atoms with Gasteiger partial charge in [-0.1, -0.05) is 24.3 Å². The van der Waals surface area contributed by atoms with E-state index in [1.165, 1.54) is 0 Å². The molecular weight excluding hydrogens is 366 g/mol. The monoisotopic (exact) mass is 389 g/mol. The molecule has 3 aromatic rings. The van der Waals surface area contributed by atoms with Crippen molar-refractivity contribution in [2.24, 2.45) is 0 Å².